The summed E-state index contributed by atoms with van der Waals surface area (Å²) in [5, 5.41) is 2.77. The Kier molecular flexibility index (Phi) is 6.68. The highest BCUT2D eigenvalue weighted by Crippen LogP contribution is 2.17. The highest BCUT2D eigenvalue weighted by Gasteiger charge is 2.08. The van der Waals surface area contributed by atoms with Gasteiger partial charge in [0.05, 0.1) is 12.0 Å². The van der Waals surface area contributed by atoms with Gasteiger partial charge >= 0.3 is 0 Å². The summed E-state index contributed by atoms with van der Waals surface area (Å²) in [4.78, 5) is 11.8. The maximum atomic E-state index is 11.8. The summed E-state index contributed by atoms with van der Waals surface area (Å²) < 4.78 is 5.92. The molecule has 0 aromatic heterocycles. The molecule has 1 rings (SSSR count). The van der Waals surface area contributed by atoms with Crippen molar-refractivity contribution < 1.29 is 9.53 Å². The molecule has 0 fully saturated rings. The van der Waals surface area contributed by atoms with Gasteiger partial charge in [0.2, 0.25) is 0 Å². The molecule has 100 valence electrons. The van der Waals surface area contributed by atoms with Crippen molar-refractivity contribution in [1.29, 1.82) is 0 Å². The molecule has 0 radical (unpaired) electrons. The summed E-state index contributed by atoms with van der Waals surface area (Å²) in [7, 11) is 1.61. The Bertz CT molecular complexity index is 412. The third-order valence-electron chi connectivity index (χ3n) is 2.51. The van der Waals surface area contributed by atoms with Gasteiger partial charge < -0.3 is 10.1 Å². The molecular formula is C13H17BrClNO2. The molecule has 0 heterocycles. The van der Waals surface area contributed by atoms with Gasteiger partial charge in [-0.15, -0.1) is 11.6 Å². The zero-order chi connectivity index (χ0) is 13.5. The number of methoxy groups -OCH3 is 1. The Labute approximate surface area is 121 Å². The number of rotatable bonds is 6. The van der Waals surface area contributed by atoms with Crippen LogP contribution in [0.1, 0.15) is 22.3 Å². The van der Waals surface area contributed by atoms with Crippen molar-refractivity contribution in [2.24, 2.45) is 0 Å². The molecule has 5 heteroatoms. The first kappa shape index (κ1) is 15.5. The average Bonchev–Trinajstić information content (AvgIpc) is 2.33. The summed E-state index contributed by atoms with van der Waals surface area (Å²) in [6.07, 6.45) is 0.691. The van der Waals surface area contributed by atoms with Gasteiger partial charge in [-0.2, -0.15) is 0 Å². The van der Waals surface area contributed by atoms with E-state index in [1.807, 2.05) is 19.1 Å². The highest BCUT2D eigenvalue weighted by molar-refractivity contribution is 9.10. The molecule has 0 aliphatic heterocycles. The molecule has 0 saturated heterocycles. The van der Waals surface area contributed by atoms with Crippen molar-refractivity contribution in [2.75, 3.05) is 20.3 Å². The monoisotopic (exact) mass is 333 g/mol. The first-order valence-electron chi connectivity index (χ1n) is 5.72. The van der Waals surface area contributed by atoms with Gasteiger partial charge in [-0.25, -0.2) is 0 Å². The van der Waals surface area contributed by atoms with Gasteiger partial charge in [0.1, 0.15) is 0 Å². The Balaban J connectivity index is 2.43. The second-order valence-electron chi connectivity index (χ2n) is 4.06. The highest BCUT2D eigenvalue weighted by atomic mass is 79.9. The Morgan fingerprint density at radius 2 is 2.28 bits per heavy atom. The van der Waals surface area contributed by atoms with E-state index in [9.17, 15) is 4.79 Å². The quantitative estimate of drug-likeness (QED) is 0.812. The summed E-state index contributed by atoms with van der Waals surface area (Å²) in [6, 6.07) is 5.52. The van der Waals surface area contributed by atoms with Crippen molar-refractivity contribution in [3.05, 3.63) is 33.8 Å². The summed E-state index contributed by atoms with van der Waals surface area (Å²) in [6.45, 7) is 2.99. The Morgan fingerprint density at radius 1 is 1.56 bits per heavy atom. The van der Waals surface area contributed by atoms with Gasteiger partial charge in [-0.05, 0) is 37.1 Å². The molecule has 18 heavy (non-hydrogen) atoms. The summed E-state index contributed by atoms with van der Waals surface area (Å²) in [5.41, 5.74) is 1.70. The molecule has 1 amide bonds. The number of carbonyl (C=O) groups is 1. The first-order valence-corrected chi connectivity index (χ1v) is 6.95. The van der Waals surface area contributed by atoms with E-state index >= 15 is 0 Å². The van der Waals surface area contributed by atoms with Crippen molar-refractivity contribution >= 4 is 33.4 Å². The molecule has 0 spiro atoms. The lowest BCUT2D eigenvalue weighted by Crippen LogP contribution is -2.27. The minimum absolute atomic E-state index is 0.0676. The minimum Gasteiger partial charge on any atom is -0.383 e. The van der Waals surface area contributed by atoms with Crippen LogP contribution in [0.2, 0.25) is 0 Å². The summed E-state index contributed by atoms with van der Waals surface area (Å²) in [5.74, 6) is -0.0770. The van der Waals surface area contributed by atoms with Crippen LogP contribution in [0, 0.1) is 6.92 Å². The van der Waals surface area contributed by atoms with E-state index < -0.39 is 0 Å². The van der Waals surface area contributed by atoms with E-state index in [1.54, 1.807) is 13.2 Å². The van der Waals surface area contributed by atoms with E-state index in [1.165, 1.54) is 0 Å². The number of carbonyl (C=O) groups excluding carboxylic acids is 1. The van der Waals surface area contributed by atoms with E-state index in [4.69, 9.17) is 16.3 Å². The summed E-state index contributed by atoms with van der Waals surface area (Å²) >= 11 is 9.38. The predicted molar refractivity (Wildman–Crippen MR) is 77.3 cm³/mol. The fraction of sp³-hybridized carbons (Fsp3) is 0.462. The molecule has 1 atom stereocenters. The van der Waals surface area contributed by atoms with Gasteiger partial charge in [-0.3, -0.25) is 4.79 Å². The van der Waals surface area contributed by atoms with Crippen molar-refractivity contribution in [3.8, 4) is 0 Å². The van der Waals surface area contributed by atoms with Gasteiger partial charge in [0.15, 0.2) is 0 Å². The van der Waals surface area contributed by atoms with Gasteiger partial charge in [0.25, 0.3) is 5.91 Å². The third kappa shape index (κ3) is 4.96. The number of halogens is 2. The second-order valence-corrected chi connectivity index (χ2v) is 5.53. The SMILES string of the molecule is COCC(Cl)CCNC(=O)c1ccc(Br)c(C)c1. The largest absolute Gasteiger partial charge is 0.383 e. The lowest BCUT2D eigenvalue weighted by molar-refractivity contribution is 0.0951. The lowest BCUT2D eigenvalue weighted by Gasteiger charge is -2.09. The van der Waals surface area contributed by atoms with Crippen molar-refractivity contribution in [1.82, 2.24) is 5.32 Å². The van der Waals surface area contributed by atoms with Crippen LogP contribution in [-0.4, -0.2) is 31.5 Å². The minimum atomic E-state index is -0.0770. The molecule has 0 bridgehead atoms. The third-order valence-corrected chi connectivity index (χ3v) is 3.74. The zero-order valence-corrected chi connectivity index (χ0v) is 12.8. The number of ether oxygens (including phenoxy) is 1. The number of aryl methyl sites for hydroxylation is 1. The van der Waals surface area contributed by atoms with E-state index in [-0.39, 0.29) is 11.3 Å². The molecule has 1 N–H and O–H groups in total. The maximum Gasteiger partial charge on any atom is 0.251 e. The number of amides is 1. The molecule has 0 aliphatic rings. The maximum absolute atomic E-state index is 11.8. The molecule has 1 unspecified atom stereocenters. The fourth-order valence-electron chi connectivity index (χ4n) is 1.49. The van der Waals surface area contributed by atoms with Gasteiger partial charge in [0, 0.05) is 23.7 Å². The standard InChI is InChI=1S/C13H17BrClNO2/c1-9-7-10(3-4-12(9)14)13(17)16-6-5-11(15)8-18-2/h3-4,7,11H,5-6,8H2,1-2H3,(H,16,17). The normalized spacial score (nSPS) is 12.2. The van der Waals surface area contributed by atoms with Crippen LogP contribution in [0.15, 0.2) is 22.7 Å². The van der Waals surface area contributed by atoms with Crippen LogP contribution in [-0.2, 0) is 4.74 Å². The van der Waals surface area contributed by atoms with Crippen LogP contribution >= 0.6 is 27.5 Å². The molecular weight excluding hydrogens is 318 g/mol. The molecule has 3 nitrogen and oxygen atoms in total. The molecule has 0 saturated carbocycles. The van der Waals surface area contributed by atoms with E-state index in [2.05, 4.69) is 21.2 Å². The van der Waals surface area contributed by atoms with Crippen LogP contribution in [0.3, 0.4) is 0 Å². The predicted octanol–water partition coefficient (Wildman–Crippen LogP) is 3.13. The number of benzene rings is 1. The Hall–Kier alpha value is -0.580. The number of alkyl halides is 1. The number of hydrogen-bond donors (Lipinski definition) is 1. The smallest absolute Gasteiger partial charge is 0.251 e. The molecule has 0 aliphatic carbocycles. The average molecular weight is 335 g/mol. The van der Waals surface area contributed by atoms with Crippen LogP contribution in [0.4, 0.5) is 0 Å². The molecule has 1 aromatic carbocycles. The van der Waals surface area contributed by atoms with Crippen molar-refractivity contribution in [2.45, 2.75) is 18.7 Å². The number of nitrogens with one attached hydrogen (secondary N) is 1. The first-order chi connectivity index (χ1) is 8.54. The second kappa shape index (κ2) is 7.77. The van der Waals surface area contributed by atoms with Crippen LogP contribution < -0.4 is 5.32 Å². The fourth-order valence-corrected chi connectivity index (χ4v) is 1.98. The lowest BCUT2D eigenvalue weighted by atomic mass is 10.1. The van der Waals surface area contributed by atoms with E-state index in [0.29, 0.717) is 25.1 Å². The zero-order valence-electron chi connectivity index (χ0n) is 10.5. The van der Waals surface area contributed by atoms with E-state index in [0.717, 1.165) is 10.0 Å². The van der Waals surface area contributed by atoms with Crippen LogP contribution in [0.25, 0.3) is 0 Å². The Morgan fingerprint density at radius 3 is 2.89 bits per heavy atom. The molecule has 1 aromatic rings. The van der Waals surface area contributed by atoms with Crippen LogP contribution in [0.5, 0.6) is 0 Å². The van der Waals surface area contributed by atoms with Crippen molar-refractivity contribution in [3.63, 3.8) is 0 Å². The topological polar surface area (TPSA) is 38.3 Å². The number of hydrogen-bond acceptors (Lipinski definition) is 2. The van der Waals surface area contributed by atoms with Gasteiger partial charge in [-0.1, -0.05) is 15.9 Å².